The molecule has 1 heterocycles. The molecule has 1 aliphatic carbocycles. The molecule has 0 spiro atoms. The van der Waals surface area contributed by atoms with Crippen LogP contribution in [0.15, 0.2) is 24.3 Å². The van der Waals surface area contributed by atoms with Crippen LogP contribution in [0.2, 0.25) is 0 Å². The summed E-state index contributed by atoms with van der Waals surface area (Å²) in [5.41, 5.74) is 9.40. The van der Waals surface area contributed by atoms with E-state index in [2.05, 4.69) is 12.1 Å². The molecular weight excluding hydrogens is 310 g/mol. The lowest BCUT2D eigenvalue weighted by Crippen LogP contribution is -2.22. The number of carbonyl (C=O) groups is 1. The summed E-state index contributed by atoms with van der Waals surface area (Å²) < 4.78 is 23.2. The van der Waals surface area contributed by atoms with E-state index in [1.54, 1.807) is 0 Å². The third-order valence-electron chi connectivity index (χ3n) is 4.97. The number of sulfone groups is 1. The highest BCUT2D eigenvalue weighted by Gasteiger charge is 2.26. The quantitative estimate of drug-likeness (QED) is 0.923. The first-order valence-electron chi connectivity index (χ1n) is 8.30. The zero-order valence-electron chi connectivity index (χ0n) is 13.3. The van der Waals surface area contributed by atoms with E-state index in [-0.39, 0.29) is 17.4 Å². The van der Waals surface area contributed by atoms with Crippen molar-refractivity contribution in [3.8, 4) is 0 Å². The Morgan fingerprint density at radius 1 is 1.13 bits per heavy atom. The van der Waals surface area contributed by atoms with Crippen LogP contribution in [0, 0.1) is 0 Å². The van der Waals surface area contributed by atoms with E-state index in [1.165, 1.54) is 12.0 Å². The molecule has 1 aromatic carbocycles. The number of amides is 1. The van der Waals surface area contributed by atoms with E-state index in [0.717, 1.165) is 30.4 Å². The van der Waals surface area contributed by atoms with Crippen LogP contribution in [0.3, 0.4) is 0 Å². The Balaban J connectivity index is 1.94. The van der Waals surface area contributed by atoms with Crippen LogP contribution in [0.4, 0.5) is 0 Å². The number of hydrogen-bond acceptors (Lipinski definition) is 3. The lowest BCUT2D eigenvalue weighted by molar-refractivity contribution is 0.1000. The maximum Gasteiger partial charge on any atom is 0.249 e. The predicted molar refractivity (Wildman–Crippen MR) is 92.0 cm³/mol. The number of primary amides is 1. The minimum Gasteiger partial charge on any atom is -0.366 e. The second-order valence-corrected chi connectivity index (χ2v) is 8.87. The normalized spacial score (nSPS) is 21.7. The molecule has 1 saturated heterocycles. The Morgan fingerprint density at radius 3 is 2.48 bits per heavy atom. The molecule has 3 rings (SSSR count). The highest BCUT2D eigenvalue weighted by atomic mass is 32.2. The SMILES string of the molecule is NC(=O)c1ccc(C2CCS(=O)(=O)CC2)cc1C1=CCCCC1. The van der Waals surface area contributed by atoms with Crippen LogP contribution in [-0.4, -0.2) is 25.8 Å². The second-order valence-electron chi connectivity index (χ2n) is 6.57. The molecule has 0 radical (unpaired) electrons. The van der Waals surface area contributed by atoms with Gasteiger partial charge in [0.15, 0.2) is 0 Å². The van der Waals surface area contributed by atoms with Crippen molar-refractivity contribution in [1.29, 1.82) is 0 Å². The molecule has 2 N–H and O–H groups in total. The fraction of sp³-hybridized carbons (Fsp3) is 0.500. The number of nitrogens with two attached hydrogens (primary N) is 1. The molecule has 1 amide bonds. The van der Waals surface area contributed by atoms with Crippen molar-refractivity contribution in [3.63, 3.8) is 0 Å². The summed E-state index contributed by atoms with van der Waals surface area (Å²) in [6, 6.07) is 5.82. The van der Waals surface area contributed by atoms with Crippen molar-refractivity contribution in [2.24, 2.45) is 5.73 Å². The third-order valence-corrected chi connectivity index (χ3v) is 6.69. The molecule has 124 valence electrons. The maximum absolute atomic E-state index is 11.8. The third kappa shape index (κ3) is 3.66. The number of allylic oxidation sites excluding steroid dienone is 2. The summed E-state index contributed by atoms with van der Waals surface area (Å²) in [6.45, 7) is 0. The second kappa shape index (κ2) is 6.48. The Morgan fingerprint density at radius 2 is 1.87 bits per heavy atom. The van der Waals surface area contributed by atoms with Gasteiger partial charge in [-0.2, -0.15) is 0 Å². The number of hydrogen-bond donors (Lipinski definition) is 1. The van der Waals surface area contributed by atoms with E-state index in [4.69, 9.17) is 5.73 Å². The molecule has 1 fully saturated rings. The molecule has 23 heavy (non-hydrogen) atoms. The minimum atomic E-state index is -2.86. The molecule has 0 unspecified atom stereocenters. The minimum absolute atomic E-state index is 0.253. The monoisotopic (exact) mass is 333 g/mol. The molecule has 2 aliphatic rings. The highest BCUT2D eigenvalue weighted by molar-refractivity contribution is 7.91. The Labute approximate surface area is 137 Å². The van der Waals surface area contributed by atoms with Crippen molar-refractivity contribution in [2.45, 2.75) is 44.4 Å². The van der Waals surface area contributed by atoms with Crippen LogP contribution in [-0.2, 0) is 9.84 Å². The number of carbonyl (C=O) groups excluding carboxylic acids is 1. The first-order chi connectivity index (χ1) is 11.0. The molecule has 0 atom stereocenters. The van der Waals surface area contributed by atoms with Crippen molar-refractivity contribution in [2.75, 3.05) is 11.5 Å². The first-order valence-corrected chi connectivity index (χ1v) is 10.1. The van der Waals surface area contributed by atoms with Gasteiger partial charge in [0.1, 0.15) is 9.84 Å². The summed E-state index contributed by atoms with van der Waals surface area (Å²) >= 11 is 0. The van der Waals surface area contributed by atoms with Gasteiger partial charge in [-0.15, -0.1) is 0 Å². The van der Waals surface area contributed by atoms with Crippen LogP contribution in [0.5, 0.6) is 0 Å². The summed E-state index contributed by atoms with van der Waals surface area (Å²) in [4.78, 5) is 11.8. The maximum atomic E-state index is 11.8. The van der Waals surface area contributed by atoms with E-state index in [0.29, 0.717) is 18.4 Å². The molecule has 0 saturated carbocycles. The fourth-order valence-electron chi connectivity index (χ4n) is 3.60. The van der Waals surface area contributed by atoms with Crippen molar-refractivity contribution in [3.05, 3.63) is 41.0 Å². The Kier molecular flexibility index (Phi) is 4.57. The van der Waals surface area contributed by atoms with Crippen LogP contribution < -0.4 is 5.73 Å². The van der Waals surface area contributed by atoms with Crippen molar-refractivity contribution >= 4 is 21.3 Å². The number of rotatable bonds is 3. The standard InChI is InChI=1S/C18H23NO3S/c19-18(20)16-7-6-15(13-8-10-23(21,22)11-9-13)12-17(16)14-4-2-1-3-5-14/h4,6-7,12-13H,1-3,5,8-11H2,(H2,19,20). The van der Waals surface area contributed by atoms with Gasteiger partial charge < -0.3 is 5.73 Å². The average molecular weight is 333 g/mol. The summed E-state index contributed by atoms with van der Waals surface area (Å²) in [5, 5.41) is 0. The zero-order valence-corrected chi connectivity index (χ0v) is 14.1. The molecular formula is C18H23NO3S. The van der Waals surface area contributed by atoms with Crippen LogP contribution in [0.25, 0.3) is 5.57 Å². The van der Waals surface area contributed by atoms with Gasteiger partial charge in [-0.3, -0.25) is 4.79 Å². The van der Waals surface area contributed by atoms with Gasteiger partial charge in [0.05, 0.1) is 11.5 Å². The van der Waals surface area contributed by atoms with E-state index >= 15 is 0 Å². The van der Waals surface area contributed by atoms with Crippen LogP contribution in [0.1, 0.15) is 65.9 Å². The topological polar surface area (TPSA) is 77.2 Å². The number of benzene rings is 1. The van der Waals surface area contributed by atoms with Crippen molar-refractivity contribution < 1.29 is 13.2 Å². The molecule has 5 heteroatoms. The van der Waals surface area contributed by atoms with Gasteiger partial charge >= 0.3 is 0 Å². The molecule has 4 nitrogen and oxygen atoms in total. The van der Waals surface area contributed by atoms with Gasteiger partial charge in [-0.05, 0) is 67.2 Å². The molecule has 1 aliphatic heterocycles. The highest BCUT2D eigenvalue weighted by Crippen LogP contribution is 2.34. The summed E-state index contributed by atoms with van der Waals surface area (Å²) in [5.74, 6) is 0.369. The smallest absolute Gasteiger partial charge is 0.249 e. The lowest BCUT2D eigenvalue weighted by atomic mass is 9.85. The fourth-order valence-corrected chi connectivity index (χ4v) is 5.09. The van der Waals surface area contributed by atoms with E-state index in [1.807, 2.05) is 12.1 Å². The van der Waals surface area contributed by atoms with Gasteiger partial charge in [0.2, 0.25) is 5.91 Å². The molecule has 0 bridgehead atoms. The van der Waals surface area contributed by atoms with E-state index in [9.17, 15) is 13.2 Å². The van der Waals surface area contributed by atoms with Crippen LogP contribution >= 0.6 is 0 Å². The van der Waals surface area contributed by atoms with E-state index < -0.39 is 15.7 Å². The predicted octanol–water partition coefficient (Wildman–Crippen LogP) is 3.04. The van der Waals surface area contributed by atoms with Crippen molar-refractivity contribution in [1.82, 2.24) is 0 Å². The summed E-state index contributed by atoms with van der Waals surface area (Å²) in [6.07, 6.45) is 7.88. The lowest BCUT2D eigenvalue weighted by Gasteiger charge is -2.24. The van der Waals surface area contributed by atoms with Gasteiger partial charge in [0.25, 0.3) is 0 Å². The Hall–Kier alpha value is -1.62. The zero-order chi connectivity index (χ0) is 16.4. The Bertz CT molecular complexity index is 736. The summed E-state index contributed by atoms with van der Waals surface area (Å²) in [7, 11) is -2.86. The largest absolute Gasteiger partial charge is 0.366 e. The average Bonchev–Trinajstić information content (AvgIpc) is 2.55. The molecule has 0 aromatic heterocycles. The first kappa shape index (κ1) is 16.2. The van der Waals surface area contributed by atoms with Gasteiger partial charge in [0, 0.05) is 5.56 Å². The van der Waals surface area contributed by atoms with Gasteiger partial charge in [-0.1, -0.05) is 18.2 Å². The molecule has 1 aromatic rings. The van der Waals surface area contributed by atoms with Gasteiger partial charge in [-0.25, -0.2) is 8.42 Å².